The van der Waals surface area contributed by atoms with Gasteiger partial charge in [-0.25, -0.2) is 0 Å². The number of hydrogen-bond acceptors (Lipinski definition) is 3. The Hall–Kier alpha value is -2.33. The average Bonchev–Trinajstić information content (AvgIpc) is 2.54. The van der Waals surface area contributed by atoms with Crippen LogP contribution in [0.25, 0.3) is 0 Å². The zero-order valence-corrected chi connectivity index (χ0v) is 12.9. The lowest BCUT2D eigenvalue weighted by molar-refractivity contribution is 0.0955. The van der Waals surface area contributed by atoms with Gasteiger partial charge in [0.25, 0.3) is 5.91 Å². The van der Waals surface area contributed by atoms with Crippen LogP contribution in [0.5, 0.6) is 5.75 Å². The first-order valence-electron chi connectivity index (χ1n) is 7.27. The second-order valence-corrected chi connectivity index (χ2v) is 5.22. The lowest BCUT2D eigenvalue weighted by Crippen LogP contribution is -2.24. The number of carbonyl (C=O) groups excluding carboxylic acids is 1. The Balaban J connectivity index is 1.96. The van der Waals surface area contributed by atoms with E-state index < -0.39 is 6.10 Å². The van der Waals surface area contributed by atoms with Crippen molar-refractivity contribution in [2.45, 2.75) is 19.4 Å². The standard InChI is InChI=1S/C18H21NO3/c1-13-7-9-16(10-8-13)22-12-15(20)11-14-5-3-4-6-17(14)18(21)19-2/h3-10,15,20H,11-12H2,1-2H3,(H,19,21). The first-order valence-corrected chi connectivity index (χ1v) is 7.27. The molecule has 1 atom stereocenters. The zero-order chi connectivity index (χ0) is 15.9. The van der Waals surface area contributed by atoms with Crippen LogP contribution in [0.3, 0.4) is 0 Å². The maximum Gasteiger partial charge on any atom is 0.251 e. The number of aryl methyl sites for hydroxylation is 1. The molecule has 0 spiro atoms. The number of amides is 1. The van der Waals surface area contributed by atoms with Gasteiger partial charge in [0.1, 0.15) is 12.4 Å². The summed E-state index contributed by atoms with van der Waals surface area (Å²) in [6, 6.07) is 14.9. The Labute approximate surface area is 130 Å². The largest absolute Gasteiger partial charge is 0.491 e. The van der Waals surface area contributed by atoms with Crippen LogP contribution >= 0.6 is 0 Å². The van der Waals surface area contributed by atoms with Crippen LogP contribution < -0.4 is 10.1 Å². The van der Waals surface area contributed by atoms with E-state index in [-0.39, 0.29) is 12.5 Å². The fraction of sp³-hybridized carbons (Fsp3) is 0.278. The molecule has 0 bridgehead atoms. The van der Waals surface area contributed by atoms with Crippen molar-refractivity contribution >= 4 is 5.91 Å². The Morgan fingerprint density at radius 3 is 2.55 bits per heavy atom. The van der Waals surface area contributed by atoms with Gasteiger partial charge in [0.2, 0.25) is 0 Å². The Kier molecular flexibility index (Phi) is 5.55. The molecule has 22 heavy (non-hydrogen) atoms. The highest BCUT2D eigenvalue weighted by Crippen LogP contribution is 2.14. The third kappa shape index (κ3) is 4.33. The molecular formula is C18H21NO3. The third-order valence-corrected chi connectivity index (χ3v) is 3.41. The quantitative estimate of drug-likeness (QED) is 0.861. The van der Waals surface area contributed by atoms with Gasteiger partial charge in [-0.15, -0.1) is 0 Å². The van der Waals surface area contributed by atoms with E-state index in [1.54, 1.807) is 13.1 Å². The van der Waals surface area contributed by atoms with Crippen LogP contribution in [0.1, 0.15) is 21.5 Å². The van der Waals surface area contributed by atoms with Crippen LogP contribution in [0.15, 0.2) is 48.5 Å². The molecule has 0 radical (unpaired) electrons. The van der Waals surface area contributed by atoms with Gasteiger partial charge in [0, 0.05) is 19.0 Å². The summed E-state index contributed by atoms with van der Waals surface area (Å²) in [5, 5.41) is 12.7. The van der Waals surface area contributed by atoms with E-state index in [4.69, 9.17) is 4.74 Å². The van der Waals surface area contributed by atoms with Gasteiger partial charge in [0.05, 0.1) is 6.10 Å². The van der Waals surface area contributed by atoms with Crippen LogP contribution in [0, 0.1) is 6.92 Å². The highest BCUT2D eigenvalue weighted by Gasteiger charge is 2.13. The monoisotopic (exact) mass is 299 g/mol. The number of hydrogen-bond donors (Lipinski definition) is 2. The molecule has 0 saturated heterocycles. The number of benzene rings is 2. The minimum atomic E-state index is -0.674. The molecule has 2 rings (SSSR count). The zero-order valence-electron chi connectivity index (χ0n) is 12.9. The van der Waals surface area contributed by atoms with Gasteiger partial charge >= 0.3 is 0 Å². The SMILES string of the molecule is CNC(=O)c1ccccc1CC(O)COc1ccc(C)cc1. The fourth-order valence-electron chi connectivity index (χ4n) is 2.19. The Bertz CT molecular complexity index is 622. The summed E-state index contributed by atoms with van der Waals surface area (Å²) < 4.78 is 5.57. The summed E-state index contributed by atoms with van der Waals surface area (Å²) in [7, 11) is 1.59. The molecular weight excluding hydrogens is 278 g/mol. The number of aliphatic hydroxyl groups excluding tert-OH is 1. The Morgan fingerprint density at radius 2 is 1.86 bits per heavy atom. The number of nitrogens with one attached hydrogen (secondary N) is 1. The topological polar surface area (TPSA) is 58.6 Å². The van der Waals surface area contributed by atoms with E-state index in [1.165, 1.54) is 0 Å². The molecule has 0 aliphatic carbocycles. The normalized spacial score (nSPS) is 11.8. The maximum absolute atomic E-state index is 11.8. The van der Waals surface area contributed by atoms with E-state index in [0.29, 0.717) is 12.0 Å². The molecule has 1 unspecified atom stereocenters. The van der Waals surface area contributed by atoms with Crippen molar-refractivity contribution in [1.29, 1.82) is 0 Å². The third-order valence-electron chi connectivity index (χ3n) is 3.41. The van der Waals surface area contributed by atoms with Crippen molar-refractivity contribution in [3.8, 4) is 5.75 Å². The molecule has 0 heterocycles. The minimum absolute atomic E-state index is 0.151. The summed E-state index contributed by atoms with van der Waals surface area (Å²) >= 11 is 0. The maximum atomic E-state index is 11.8. The lowest BCUT2D eigenvalue weighted by atomic mass is 10.0. The van der Waals surface area contributed by atoms with Gasteiger partial charge in [0.15, 0.2) is 0 Å². The molecule has 2 N–H and O–H groups in total. The summed E-state index contributed by atoms with van der Waals surface area (Å²) in [6.07, 6.45) is -0.303. The van der Waals surface area contributed by atoms with E-state index in [9.17, 15) is 9.90 Å². The molecule has 1 amide bonds. The number of aliphatic hydroxyl groups is 1. The molecule has 116 valence electrons. The predicted octanol–water partition coefficient (Wildman–Crippen LogP) is 2.34. The van der Waals surface area contributed by atoms with E-state index >= 15 is 0 Å². The smallest absolute Gasteiger partial charge is 0.251 e. The molecule has 0 saturated carbocycles. The summed E-state index contributed by atoms with van der Waals surface area (Å²) in [6.45, 7) is 2.19. The van der Waals surface area contributed by atoms with Crippen molar-refractivity contribution in [1.82, 2.24) is 5.32 Å². The van der Waals surface area contributed by atoms with Crippen molar-refractivity contribution in [3.05, 3.63) is 65.2 Å². The number of ether oxygens (including phenoxy) is 1. The minimum Gasteiger partial charge on any atom is -0.491 e. The molecule has 0 aliphatic heterocycles. The summed E-state index contributed by atoms with van der Waals surface area (Å²) in [5.41, 5.74) is 2.55. The molecule has 0 aromatic heterocycles. The number of carbonyl (C=O) groups is 1. The summed E-state index contributed by atoms with van der Waals surface area (Å²) in [4.78, 5) is 11.8. The average molecular weight is 299 g/mol. The van der Waals surface area contributed by atoms with Crippen molar-refractivity contribution in [2.75, 3.05) is 13.7 Å². The fourth-order valence-corrected chi connectivity index (χ4v) is 2.19. The van der Waals surface area contributed by atoms with Crippen LogP contribution in [0.4, 0.5) is 0 Å². The van der Waals surface area contributed by atoms with Crippen LogP contribution in [0.2, 0.25) is 0 Å². The van der Waals surface area contributed by atoms with Crippen molar-refractivity contribution < 1.29 is 14.6 Å². The van der Waals surface area contributed by atoms with Gasteiger partial charge in [-0.1, -0.05) is 35.9 Å². The first kappa shape index (κ1) is 16.0. The van der Waals surface area contributed by atoms with Crippen LogP contribution in [-0.2, 0) is 6.42 Å². The molecule has 4 nitrogen and oxygen atoms in total. The molecule has 2 aromatic carbocycles. The second kappa shape index (κ2) is 7.61. The highest BCUT2D eigenvalue weighted by atomic mass is 16.5. The molecule has 2 aromatic rings. The molecule has 4 heteroatoms. The van der Waals surface area contributed by atoms with Gasteiger partial charge in [-0.3, -0.25) is 4.79 Å². The van der Waals surface area contributed by atoms with Gasteiger partial charge in [-0.05, 0) is 30.7 Å². The predicted molar refractivity (Wildman–Crippen MR) is 86.2 cm³/mol. The first-order chi connectivity index (χ1) is 10.6. The molecule has 0 aliphatic rings. The second-order valence-electron chi connectivity index (χ2n) is 5.22. The van der Waals surface area contributed by atoms with E-state index in [1.807, 2.05) is 49.4 Å². The summed E-state index contributed by atoms with van der Waals surface area (Å²) in [5.74, 6) is 0.575. The Morgan fingerprint density at radius 1 is 1.18 bits per heavy atom. The molecule has 0 fully saturated rings. The van der Waals surface area contributed by atoms with Gasteiger partial charge < -0.3 is 15.2 Å². The highest BCUT2D eigenvalue weighted by molar-refractivity contribution is 5.95. The van der Waals surface area contributed by atoms with Crippen LogP contribution in [-0.4, -0.2) is 30.8 Å². The van der Waals surface area contributed by atoms with Crippen molar-refractivity contribution in [3.63, 3.8) is 0 Å². The van der Waals surface area contributed by atoms with Gasteiger partial charge in [-0.2, -0.15) is 0 Å². The van der Waals surface area contributed by atoms with Crippen molar-refractivity contribution in [2.24, 2.45) is 0 Å². The number of rotatable bonds is 6. The lowest BCUT2D eigenvalue weighted by Gasteiger charge is -2.14. The van der Waals surface area contributed by atoms with E-state index in [2.05, 4.69) is 5.32 Å². The van der Waals surface area contributed by atoms with E-state index in [0.717, 1.165) is 16.9 Å².